The number of thiazole rings is 1. The molecule has 9 nitrogen and oxygen atoms in total. The Labute approximate surface area is 229 Å². The van der Waals surface area contributed by atoms with Gasteiger partial charge >= 0.3 is 0 Å². The van der Waals surface area contributed by atoms with Gasteiger partial charge in [0.2, 0.25) is 17.8 Å². The van der Waals surface area contributed by atoms with Crippen LogP contribution in [0.3, 0.4) is 0 Å². The molecule has 0 bridgehead atoms. The molecule has 0 atom stereocenters. The van der Waals surface area contributed by atoms with Crippen LogP contribution in [0.25, 0.3) is 0 Å². The minimum absolute atomic E-state index is 0.105. The molecule has 0 spiro atoms. The number of nitrogens with one attached hydrogen (secondary N) is 2. The highest BCUT2D eigenvalue weighted by molar-refractivity contribution is 7.99. The van der Waals surface area contributed by atoms with E-state index in [2.05, 4.69) is 54.7 Å². The van der Waals surface area contributed by atoms with Crippen molar-refractivity contribution >= 4 is 57.4 Å². The summed E-state index contributed by atoms with van der Waals surface area (Å²) in [6.07, 6.45) is 3.80. The standard InChI is InChI=1S/C27H28N8OS2/c1-18-17-28-26(37-18)31-24-30-25(35-15-13-34(14-16-35)21-5-3-2-4-6-21)33-27(32-24)38-22-11-9-20(10-12-22)29-23(36)19-7-8-19/h2-6,9-12,17,19H,7-8,13-16H2,1H3,(H,29,36)(H,28,30,31,32,33). The molecule has 2 aliphatic rings. The first-order valence-electron chi connectivity index (χ1n) is 12.7. The lowest BCUT2D eigenvalue weighted by Crippen LogP contribution is -2.47. The van der Waals surface area contributed by atoms with Crippen molar-refractivity contribution in [3.8, 4) is 0 Å². The van der Waals surface area contributed by atoms with E-state index in [0.717, 1.165) is 59.6 Å². The van der Waals surface area contributed by atoms with E-state index < -0.39 is 0 Å². The first-order valence-corrected chi connectivity index (χ1v) is 14.3. The van der Waals surface area contributed by atoms with Crippen molar-refractivity contribution in [3.05, 3.63) is 65.7 Å². The molecule has 2 aromatic carbocycles. The van der Waals surface area contributed by atoms with E-state index in [1.807, 2.05) is 43.5 Å². The van der Waals surface area contributed by atoms with Crippen molar-refractivity contribution in [1.29, 1.82) is 0 Å². The van der Waals surface area contributed by atoms with Gasteiger partial charge in [-0.2, -0.15) is 15.0 Å². The maximum Gasteiger partial charge on any atom is 0.234 e. The third-order valence-corrected chi connectivity index (χ3v) is 8.11. The zero-order valence-electron chi connectivity index (χ0n) is 21.0. The molecule has 194 valence electrons. The van der Waals surface area contributed by atoms with Crippen LogP contribution >= 0.6 is 23.1 Å². The molecule has 1 aliphatic heterocycles. The van der Waals surface area contributed by atoms with Gasteiger partial charge in [-0.3, -0.25) is 10.1 Å². The molecule has 1 saturated heterocycles. The number of amides is 1. The first kappa shape index (κ1) is 24.6. The van der Waals surface area contributed by atoms with Crippen LogP contribution in [0.15, 0.2) is 70.8 Å². The first-order chi connectivity index (χ1) is 18.6. The molecule has 0 radical (unpaired) electrons. The van der Waals surface area contributed by atoms with Crippen LogP contribution in [0.2, 0.25) is 0 Å². The van der Waals surface area contributed by atoms with E-state index in [-0.39, 0.29) is 11.8 Å². The third-order valence-electron chi connectivity index (χ3n) is 6.41. The second-order valence-corrected chi connectivity index (χ2v) is 11.6. The minimum Gasteiger partial charge on any atom is -0.368 e. The van der Waals surface area contributed by atoms with Gasteiger partial charge in [-0.15, -0.1) is 11.3 Å². The molecule has 1 amide bonds. The van der Waals surface area contributed by atoms with Gasteiger partial charge in [0, 0.05) is 59.4 Å². The monoisotopic (exact) mass is 544 g/mol. The highest BCUT2D eigenvalue weighted by Gasteiger charge is 2.29. The van der Waals surface area contributed by atoms with Crippen LogP contribution < -0.4 is 20.4 Å². The third kappa shape index (κ3) is 6.05. The number of piperazine rings is 1. The van der Waals surface area contributed by atoms with Crippen molar-refractivity contribution in [2.24, 2.45) is 5.92 Å². The van der Waals surface area contributed by atoms with Crippen LogP contribution in [-0.4, -0.2) is 52.0 Å². The zero-order chi connectivity index (χ0) is 25.9. The summed E-state index contributed by atoms with van der Waals surface area (Å²) in [4.78, 5) is 37.4. The van der Waals surface area contributed by atoms with Gasteiger partial charge in [-0.05, 0) is 67.9 Å². The molecular weight excluding hydrogens is 516 g/mol. The smallest absolute Gasteiger partial charge is 0.234 e. The summed E-state index contributed by atoms with van der Waals surface area (Å²) in [5.74, 6) is 1.41. The van der Waals surface area contributed by atoms with Gasteiger partial charge in [-0.25, -0.2) is 4.98 Å². The maximum atomic E-state index is 12.1. The molecule has 2 fully saturated rings. The number of carbonyl (C=O) groups is 1. The van der Waals surface area contributed by atoms with Crippen molar-refractivity contribution in [2.45, 2.75) is 29.8 Å². The van der Waals surface area contributed by atoms with Crippen molar-refractivity contribution in [1.82, 2.24) is 19.9 Å². The average molecular weight is 545 g/mol. The summed E-state index contributed by atoms with van der Waals surface area (Å²) >= 11 is 3.03. The van der Waals surface area contributed by atoms with Gasteiger partial charge < -0.3 is 15.1 Å². The van der Waals surface area contributed by atoms with Gasteiger partial charge in [0.25, 0.3) is 0 Å². The second-order valence-electron chi connectivity index (χ2n) is 9.34. The van der Waals surface area contributed by atoms with Crippen molar-refractivity contribution < 1.29 is 4.79 Å². The Morgan fingerprint density at radius 1 is 0.947 bits per heavy atom. The lowest BCUT2D eigenvalue weighted by Gasteiger charge is -2.36. The Balaban J connectivity index is 1.19. The quantitative estimate of drug-likeness (QED) is 0.310. The number of nitrogens with zero attached hydrogens (tertiary/aromatic N) is 6. The van der Waals surface area contributed by atoms with E-state index in [9.17, 15) is 4.79 Å². The minimum atomic E-state index is 0.105. The Morgan fingerprint density at radius 3 is 2.37 bits per heavy atom. The Bertz CT molecular complexity index is 1400. The highest BCUT2D eigenvalue weighted by atomic mass is 32.2. The molecule has 6 rings (SSSR count). The summed E-state index contributed by atoms with van der Waals surface area (Å²) in [6, 6.07) is 18.3. The van der Waals surface area contributed by atoms with Crippen LogP contribution in [-0.2, 0) is 4.79 Å². The zero-order valence-corrected chi connectivity index (χ0v) is 22.6. The van der Waals surface area contributed by atoms with E-state index in [0.29, 0.717) is 17.1 Å². The van der Waals surface area contributed by atoms with Crippen LogP contribution in [0, 0.1) is 12.8 Å². The summed E-state index contributed by atoms with van der Waals surface area (Å²) in [5.41, 5.74) is 2.04. The van der Waals surface area contributed by atoms with E-state index in [1.165, 1.54) is 17.4 Å². The molecule has 1 aliphatic carbocycles. The van der Waals surface area contributed by atoms with Crippen molar-refractivity contribution in [3.63, 3.8) is 0 Å². The van der Waals surface area contributed by atoms with Crippen LogP contribution in [0.5, 0.6) is 0 Å². The molecule has 2 aromatic heterocycles. The van der Waals surface area contributed by atoms with E-state index >= 15 is 0 Å². The topological polar surface area (TPSA) is 99.2 Å². The number of hydrogen-bond acceptors (Lipinski definition) is 10. The average Bonchev–Trinajstić information content (AvgIpc) is 3.72. The number of carbonyl (C=O) groups excluding carboxylic acids is 1. The van der Waals surface area contributed by atoms with Gasteiger partial charge in [0.15, 0.2) is 10.3 Å². The van der Waals surface area contributed by atoms with Crippen LogP contribution in [0.1, 0.15) is 17.7 Å². The maximum absolute atomic E-state index is 12.1. The number of rotatable bonds is 8. The molecule has 1 saturated carbocycles. The molecule has 3 heterocycles. The van der Waals surface area contributed by atoms with Crippen molar-refractivity contribution in [2.75, 3.05) is 46.6 Å². The van der Waals surface area contributed by atoms with E-state index in [4.69, 9.17) is 9.97 Å². The van der Waals surface area contributed by atoms with Gasteiger partial charge in [-0.1, -0.05) is 18.2 Å². The molecular formula is C27H28N8OS2. The Hall–Kier alpha value is -3.70. The summed E-state index contributed by atoms with van der Waals surface area (Å²) < 4.78 is 0. The number of anilines is 5. The summed E-state index contributed by atoms with van der Waals surface area (Å²) in [6.45, 7) is 5.43. The number of aromatic nitrogens is 4. The molecule has 38 heavy (non-hydrogen) atoms. The lowest BCUT2D eigenvalue weighted by molar-refractivity contribution is -0.117. The van der Waals surface area contributed by atoms with Gasteiger partial charge in [0.1, 0.15) is 0 Å². The summed E-state index contributed by atoms with van der Waals surface area (Å²) in [5, 5.41) is 7.60. The fourth-order valence-electron chi connectivity index (χ4n) is 4.20. The predicted molar refractivity (Wildman–Crippen MR) is 153 cm³/mol. The Morgan fingerprint density at radius 2 is 1.68 bits per heavy atom. The SMILES string of the molecule is Cc1cnc(Nc2nc(Sc3ccc(NC(=O)C4CC4)cc3)nc(N3CCN(c4ccccc4)CC3)n2)s1. The predicted octanol–water partition coefficient (Wildman–Crippen LogP) is 5.21. The normalized spacial score (nSPS) is 15.4. The molecule has 4 aromatic rings. The summed E-state index contributed by atoms with van der Waals surface area (Å²) in [7, 11) is 0. The molecule has 11 heteroatoms. The fourth-order valence-corrected chi connectivity index (χ4v) is 5.60. The fraction of sp³-hybridized carbons (Fsp3) is 0.296. The van der Waals surface area contributed by atoms with Gasteiger partial charge in [0.05, 0.1) is 0 Å². The highest BCUT2D eigenvalue weighted by Crippen LogP contribution is 2.32. The number of benzene rings is 2. The molecule has 2 N–H and O–H groups in total. The number of para-hydroxylation sites is 1. The van der Waals surface area contributed by atoms with E-state index in [1.54, 1.807) is 11.3 Å². The number of hydrogen-bond donors (Lipinski definition) is 2. The molecule has 0 unspecified atom stereocenters. The largest absolute Gasteiger partial charge is 0.368 e. The number of aryl methyl sites for hydroxylation is 1. The lowest BCUT2D eigenvalue weighted by atomic mass is 10.2. The van der Waals surface area contributed by atoms with Crippen LogP contribution in [0.4, 0.5) is 28.4 Å². The second kappa shape index (κ2) is 11.0. The Kier molecular flexibility index (Phi) is 7.10.